The monoisotopic (exact) mass is 373 g/mol. The van der Waals surface area contributed by atoms with Gasteiger partial charge >= 0.3 is 0 Å². The van der Waals surface area contributed by atoms with Crippen molar-refractivity contribution in [2.45, 2.75) is 18.9 Å². The number of non-ortho nitro benzene ring substituents is 1. The van der Waals surface area contributed by atoms with Gasteiger partial charge in [0.25, 0.3) is 11.4 Å². The smallest absolute Gasteiger partial charge is 0.299 e. The molecule has 0 aromatic heterocycles. The highest BCUT2D eigenvalue weighted by molar-refractivity contribution is 5.68. The summed E-state index contributed by atoms with van der Waals surface area (Å²) < 4.78 is 10.8. The fourth-order valence-corrected chi connectivity index (χ4v) is 3.49. The lowest BCUT2D eigenvalue weighted by atomic mass is 10.0. The normalized spacial score (nSPS) is 16.2. The van der Waals surface area contributed by atoms with E-state index in [4.69, 9.17) is 9.47 Å². The molecule has 1 aliphatic heterocycles. The lowest BCUT2D eigenvalue weighted by Crippen LogP contribution is -2.24. The zero-order chi connectivity index (χ0) is 19.6. The lowest BCUT2D eigenvalue weighted by molar-refractivity contribution is -0.393. The summed E-state index contributed by atoms with van der Waals surface area (Å²) in [6, 6.07) is 9.04. The molecule has 0 unspecified atom stereocenters. The van der Waals surface area contributed by atoms with Gasteiger partial charge in [-0.2, -0.15) is 0 Å². The predicted octanol–water partition coefficient (Wildman–Crippen LogP) is 3.86. The number of nitro groups is 2. The highest BCUT2D eigenvalue weighted by Gasteiger charge is 2.33. The van der Waals surface area contributed by atoms with Crippen LogP contribution in [0.4, 0.5) is 17.1 Å². The van der Waals surface area contributed by atoms with E-state index in [1.54, 1.807) is 26.4 Å². The first-order valence-electron chi connectivity index (χ1n) is 8.37. The molecule has 0 aliphatic carbocycles. The molecule has 1 atom stereocenters. The summed E-state index contributed by atoms with van der Waals surface area (Å²) in [6.07, 6.45) is 1.61. The minimum atomic E-state index is -0.636. The summed E-state index contributed by atoms with van der Waals surface area (Å²) >= 11 is 0. The van der Waals surface area contributed by atoms with E-state index in [9.17, 15) is 20.2 Å². The number of rotatable bonds is 6. The van der Waals surface area contributed by atoms with Crippen molar-refractivity contribution in [3.05, 3.63) is 62.2 Å². The van der Waals surface area contributed by atoms with E-state index >= 15 is 0 Å². The minimum absolute atomic E-state index is 0.157. The van der Waals surface area contributed by atoms with Gasteiger partial charge in [-0.1, -0.05) is 0 Å². The number of hydrogen-bond donors (Lipinski definition) is 0. The molecule has 0 amide bonds. The maximum Gasteiger partial charge on any atom is 0.299 e. The molecule has 0 radical (unpaired) electrons. The van der Waals surface area contributed by atoms with Crippen molar-refractivity contribution >= 4 is 17.1 Å². The Labute approximate surface area is 155 Å². The first-order chi connectivity index (χ1) is 13.0. The Morgan fingerprint density at radius 3 is 2.44 bits per heavy atom. The molecule has 1 fully saturated rings. The molecular weight excluding hydrogens is 354 g/mol. The molecule has 3 rings (SSSR count). The molecule has 9 heteroatoms. The van der Waals surface area contributed by atoms with Crippen LogP contribution < -0.4 is 14.4 Å². The molecule has 0 bridgehead atoms. The van der Waals surface area contributed by atoms with Crippen molar-refractivity contribution in [3.63, 3.8) is 0 Å². The van der Waals surface area contributed by atoms with Crippen LogP contribution >= 0.6 is 0 Å². The predicted molar refractivity (Wildman–Crippen MR) is 98.6 cm³/mol. The van der Waals surface area contributed by atoms with Crippen molar-refractivity contribution in [1.82, 2.24) is 0 Å². The van der Waals surface area contributed by atoms with E-state index in [-0.39, 0.29) is 17.4 Å². The topological polar surface area (TPSA) is 108 Å². The molecule has 0 spiro atoms. The number of methoxy groups -OCH3 is 2. The van der Waals surface area contributed by atoms with E-state index in [2.05, 4.69) is 0 Å². The van der Waals surface area contributed by atoms with Crippen LogP contribution in [0.1, 0.15) is 24.4 Å². The lowest BCUT2D eigenvalue weighted by Gasteiger charge is -2.28. The second kappa shape index (κ2) is 7.48. The van der Waals surface area contributed by atoms with Gasteiger partial charge in [0, 0.05) is 18.2 Å². The van der Waals surface area contributed by atoms with Gasteiger partial charge in [-0.05, 0) is 37.1 Å². The van der Waals surface area contributed by atoms with E-state index in [0.717, 1.165) is 24.5 Å². The van der Waals surface area contributed by atoms with Crippen molar-refractivity contribution in [3.8, 4) is 11.5 Å². The number of hydrogen-bond acceptors (Lipinski definition) is 7. The number of anilines is 1. The van der Waals surface area contributed by atoms with Gasteiger partial charge in [0.1, 0.15) is 17.2 Å². The third-order valence-electron chi connectivity index (χ3n) is 4.72. The zero-order valence-corrected chi connectivity index (χ0v) is 15.0. The van der Waals surface area contributed by atoms with Gasteiger partial charge in [-0.3, -0.25) is 20.2 Å². The van der Waals surface area contributed by atoms with Crippen LogP contribution in [-0.2, 0) is 0 Å². The Bertz CT molecular complexity index is 885. The van der Waals surface area contributed by atoms with Crippen LogP contribution in [0.15, 0.2) is 36.4 Å². The quantitative estimate of drug-likeness (QED) is 0.559. The Kier molecular flexibility index (Phi) is 5.11. The second-order valence-corrected chi connectivity index (χ2v) is 6.15. The Morgan fingerprint density at radius 2 is 1.81 bits per heavy atom. The first kappa shape index (κ1) is 18.4. The molecule has 1 heterocycles. The Morgan fingerprint density at radius 1 is 1.04 bits per heavy atom. The van der Waals surface area contributed by atoms with Crippen LogP contribution in [0, 0.1) is 20.2 Å². The number of nitro benzene ring substituents is 2. The molecule has 2 aromatic rings. The molecule has 9 nitrogen and oxygen atoms in total. The third-order valence-corrected chi connectivity index (χ3v) is 4.72. The molecule has 2 aromatic carbocycles. The van der Waals surface area contributed by atoms with E-state index in [0.29, 0.717) is 23.7 Å². The summed E-state index contributed by atoms with van der Waals surface area (Å²) in [7, 11) is 3.14. The average Bonchev–Trinajstić information content (AvgIpc) is 3.16. The molecule has 27 heavy (non-hydrogen) atoms. The van der Waals surface area contributed by atoms with Crippen LogP contribution in [0.25, 0.3) is 0 Å². The molecular formula is C18H19N3O6. The van der Waals surface area contributed by atoms with Crippen LogP contribution in [0.3, 0.4) is 0 Å². The van der Waals surface area contributed by atoms with Crippen molar-refractivity contribution in [1.29, 1.82) is 0 Å². The van der Waals surface area contributed by atoms with Gasteiger partial charge in [0.2, 0.25) is 0 Å². The molecule has 1 saturated heterocycles. The summed E-state index contributed by atoms with van der Waals surface area (Å²) in [6.45, 7) is 0.601. The third kappa shape index (κ3) is 3.48. The van der Waals surface area contributed by atoms with Crippen molar-refractivity contribution in [2.75, 3.05) is 25.7 Å². The molecule has 0 saturated carbocycles. The maximum atomic E-state index is 11.5. The standard InChI is InChI=1S/C18H19N3O6/c1-26-13-6-8-18(27-2)14(11-13)15-4-3-9-19(15)16-7-5-12(20(22)23)10-17(16)21(24)25/h5-8,10-11,15H,3-4,9H2,1-2H3/t15-/m0/s1. The number of benzene rings is 2. The minimum Gasteiger partial charge on any atom is -0.497 e. The molecule has 142 valence electrons. The highest BCUT2D eigenvalue weighted by Crippen LogP contribution is 2.44. The Balaban J connectivity index is 2.08. The largest absolute Gasteiger partial charge is 0.497 e. The summed E-state index contributed by atoms with van der Waals surface area (Å²) in [4.78, 5) is 23.2. The van der Waals surface area contributed by atoms with Gasteiger partial charge in [-0.25, -0.2) is 0 Å². The first-order valence-corrected chi connectivity index (χ1v) is 8.37. The second-order valence-electron chi connectivity index (χ2n) is 6.15. The fraction of sp³-hybridized carbons (Fsp3) is 0.333. The SMILES string of the molecule is COc1ccc(OC)c([C@@H]2CCCN2c2ccc([N+](=O)[O-])cc2[N+](=O)[O-])c1. The zero-order valence-electron chi connectivity index (χ0n) is 15.0. The van der Waals surface area contributed by atoms with Gasteiger partial charge in [0.05, 0.1) is 36.2 Å². The van der Waals surface area contributed by atoms with Gasteiger partial charge in [0.15, 0.2) is 0 Å². The van der Waals surface area contributed by atoms with E-state index < -0.39 is 9.85 Å². The maximum absolute atomic E-state index is 11.5. The molecule has 0 N–H and O–H groups in total. The Hall–Kier alpha value is -3.36. The summed E-state index contributed by atoms with van der Waals surface area (Å²) in [5.74, 6) is 1.33. The van der Waals surface area contributed by atoms with Crippen LogP contribution in [0.2, 0.25) is 0 Å². The highest BCUT2D eigenvalue weighted by atomic mass is 16.6. The fourth-order valence-electron chi connectivity index (χ4n) is 3.49. The van der Waals surface area contributed by atoms with Gasteiger partial charge in [-0.15, -0.1) is 0 Å². The van der Waals surface area contributed by atoms with Crippen LogP contribution in [0.5, 0.6) is 11.5 Å². The average molecular weight is 373 g/mol. The summed E-state index contributed by atoms with van der Waals surface area (Å²) in [5.41, 5.74) is 0.637. The van der Waals surface area contributed by atoms with Gasteiger partial charge < -0.3 is 14.4 Å². The number of nitrogens with zero attached hydrogens (tertiary/aromatic N) is 3. The van der Waals surface area contributed by atoms with Crippen LogP contribution in [-0.4, -0.2) is 30.6 Å². The molecule has 1 aliphatic rings. The summed E-state index contributed by atoms with van der Waals surface area (Å²) in [5, 5.41) is 22.5. The number of ether oxygens (including phenoxy) is 2. The van der Waals surface area contributed by atoms with Crippen molar-refractivity contribution < 1.29 is 19.3 Å². The van der Waals surface area contributed by atoms with E-state index in [1.165, 1.54) is 12.1 Å². The van der Waals surface area contributed by atoms with Crippen molar-refractivity contribution in [2.24, 2.45) is 0 Å². The van der Waals surface area contributed by atoms with E-state index in [1.807, 2.05) is 11.0 Å².